The molecule has 23 heavy (non-hydrogen) atoms. The molecule has 1 fully saturated rings. The average Bonchev–Trinajstić information content (AvgIpc) is 2.96. The first kappa shape index (κ1) is 17.4. The summed E-state index contributed by atoms with van der Waals surface area (Å²) >= 11 is 1.35. The minimum absolute atomic E-state index is 0.0421. The fourth-order valence-electron chi connectivity index (χ4n) is 2.43. The van der Waals surface area contributed by atoms with Crippen molar-refractivity contribution < 1.29 is 9.59 Å². The Balaban J connectivity index is 1.73. The van der Waals surface area contributed by atoms with Crippen LogP contribution < -0.4 is 10.6 Å². The van der Waals surface area contributed by atoms with E-state index in [1.54, 1.807) is 11.4 Å². The van der Waals surface area contributed by atoms with Crippen molar-refractivity contribution in [3.63, 3.8) is 0 Å². The summed E-state index contributed by atoms with van der Waals surface area (Å²) in [5, 5.41) is 16.9. The second-order valence-electron chi connectivity index (χ2n) is 5.33. The molecule has 0 atom stereocenters. The number of piperazine rings is 1. The zero-order chi connectivity index (χ0) is 16.7. The highest BCUT2D eigenvalue weighted by molar-refractivity contribution is 7.14. The second-order valence-corrected chi connectivity index (χ2v) is 6.25. The first-order valence-electron chi connectivity index (χ1n) is 7.61. The number of hydrogen-bond donors (Lipinski definition) is 2. The number of likely N-dealkylation sites (N-methyl/N-ethyl adjacent to an activating group) is 1. The predicted molar refractivity (Wildman–Crippen MR) is 89.2 cm³/mol. The Bertz CT molecular complexity index is 587. The van der Waals surface area contributed by atoms with E-state index in [-0.39, 0.29) is 11.8 Å². The summed E-state index contributed by atoms with van der Waals surface area (Å²) < 4.78 is 0. The number of rotatable bonds is 6. The van der Waals surface area contributed by atoms with Crippen molar-refractivity contribution in [3.05, 3.63) is 17.0 Å². The van der Waals surface area contributed by atoms with Crippen LogP contribution in [0.2, 0.25) is 0 Å². The first-order valence-corrected chi connectivity index (χ1v) is 8.49. The van der Waals surface area contributed by atoms with Crippen LogP contribution in [0.25, 0.3) is 0 Å². The Morgan fingerprint density at radius 2 is 1.83 bits per heavy atom. The number of nitrogens with one attached hydrogen (secondary N) is 2. The number of carbonyl (C=O) groups excluding carboxylic acids is 2. The molecule has 0 bridgehead atoms. The summed E-state index contributed by atoms with van der Waals surface area (Å²) in [7, 11) is 0. The molecule has 2 rings (SSSR count). The number of hydrogen-bond acceptors (Lipinski definition) is 6. The van der Waals surface area contributed by atoms with Gasteiger partial charge in [0, 0.05) is 32.7 Å². The van der Waals surface area contributed by atoms with Crippen LogP contribution in [-0.2, 0) is 9.59 Å². The molecule has 1 aliphatic heterocycles. The van der Waals surface area contributed by atoms with Gasteiger partial charge in [-0.05, 0) is 18.4 Å². The summed E-state index contributed by atoms with van der Waals surface area (Å²) in [6.07, 6.45) is 0. The Morgan fingerprint density at radius 1 is 1.22 bits per heavy atom. The van der Waals surface area contributed by atoms with E-state index >= 15 is 0 Å². The fraction of sp³-hybridized carbons (Fsp3) is 0.533. The lowest BCUT2D eigenvalue weighted by Crippen LogP contribution is -2.51. The maximum absolute atomic E-state index is 12.1. The summed E-state index contributed by atoms with van der Waals surface area (Å²) in [6, 6.07) is 3.75. The summed E-state index contributed by atoms with van der Waals surface area (Å²) in [5.74, 6) is -0.0680. The summed E-state index contributed by atoms with van der Waals surface area (Å²) in [4.78, 5) is 27.8. The van der Waals surface area contributed by atoms with Gasteiger partial charge in [0.05, 0.1) is 18.7 Å². The lowest BCUT2D eigenvalue weighted by atomic mass is 10.3. The monoisotopic (exact) mass is 335 g/mol. The molecular formula is C15H21N5O2S. The molecule has 1 aromatic rings. The van der Waals surface area contributed by atoms with Crippen molar-refractivity contribution in [2.24, 2.45) is 0 Å². The van der Waals surface area contributed by atoms with Crippen molar-refractivity contribution in [1.82, 2.24) is 15.1 Å². The van der Waals surface area contributed by atoms with Crippen LogP contribution in [0.15, 0.2) is 11.4 Å². The number of nitriles is 1. The zero-order valence-electron chi connectivity index (χ0n) is 13.2. The molecule has 0 spiro atoms. The lowest BCUT2D eigenvalue weighted by molar-refractivity contribution is -0.123. The van der Waals surface area contributed by atoms with Gasteiger partial charge in [-0.3, -0.25) is 19.4 Å². The molecule has 0 aromatic carbocycles. The third-order valence-corrected chi connectivity index (χ3v) is 4.44. The standard InChI is InChI=1S/C15H21N5O2S/c1-2-17-13(21)10-19-4-6-20(7-5-19)11-14(22)18-15-12(9-16)3-8-23-15/h3,8H,2,4-7,10-11H2,1H3,(H,17,21)(H,18,22). The van der Waals surface area contributed by atoms with Gasteiger partial charge in [0.25, 0.3) is 0 Å². The molecular weight excluding hydrogens is 314 g/mol. The van der Waals surface area contributed by atoms with E-state index in [1.807, 2.05) is 6.92 Å². The lowest BCUT2D eigenvalue weighted by Gasteiger charge is -2.33. The van der Waals surface area contributed by atoms with E-state index in [1.165, 1.54) is 11.3 Å². The van der Waals surface area contributed by atoms with Crippen LogP contribution in [0.3, 0.4) is 0 Å². The van der Waals surface area contributed by atoms with Crippen LogP contribution in [-0.4, -0.2) is 67.4 Å². The number of nitrogens with zero attached hydrogens (tertiary/aromatic N) is 3. The Hall–Kier alpha value is -1.95. The third kappa shape index (κ3) is 5.32. The van der Waals surface area contributed by atoms with Crippen molar-refractivity contribution in [3.8, 4) is 6.07 Å². The second kappa shape index (κ2) is 8.62. The van der Waals surface area contributed by atoms with E-state index in [2.05, 4.69) is 26.5 Å². The van der Waals surface area contributed by atoms with Gasteiger partial charge >= 0.3 is 0 Å². The van der Waals surface area contributed by atoms with Crippen LogP contribution in [0.1, 0.15) is 12.5 Å². The molecule has 124 valence electrons. The smallest absolute Gasteiger partial charge is 0.239 e. The highest BCUT2D eigenvalue weighted by Crippen LogP contribution is 2.21. The Kier molecular flexibility index (Phi) is 6.52. The molecule has 8 heteroatoms. The van der Waals surface area contributed by atoms with E-state index in [0.29, 0.717) is 30.2 Å². The van der Waals surface area contributed by atoms with E-state index < -0.39 is 0 Å². The molecule has 1 saturated heterocycles. The van der Waals surface area contributed by atoms with Crippen LogP contribution in [0.5, 0.6) is 0 Å². The number of amides is 2. The van der Waals surface area contributed by atoms with E-state index in [0.717, 1.165) is 26.2 Å². The molecule has 2 amide bonds. The molecule has 2 N–H and O–H groups in total. The molecule has 0 radical (unpaired) electrons. The minimum atomic E-state index is -0.110. The van der Waals surface area contributed by atoms with Gasteiger partial charge < -0.3 is 10.6 Å². The third-order valence-electron chi connectivity index (χ3n) is 3.61. The highest BCUT2D eigenvalue weighted by atomic mass is 32.1. The largest absolute Gasteiger partial charge is 0.355 e. The summed E-state index contributed by atoms with van der Waals surface area (Å²) in [5.41, 5.74) is 0.495. The zero-order valence-corrected chi connectivity index (χ0v) is 14.0. The molecule has 0 unspecified atom stereocenters. The van der Waals surface area contributed by atoms with Crippen molar-refractivity contribution in [2.75, 3.05) is 51.1 Å². The van der Waals surface area contributed by atoms with Crippen molar-refractivity contribution >= 4 is 28.2 Å². The fourth-order valence-corrected chi connectivity index (χ4v) is 3.18. The number of anilines is 1. The predicted octanol–water partition coefficient (Wildman–Crippen LogP) is 0.312. The number of thiophene rings is 1. The van der Waals surface area contributed by atoms with Crippen molar-refractivity contribution in [2.45, 2.75) is 6.92 Å². The van der Waals surface area contributed by atoms with Gasteiger partial charge in [-0.15, -0.1) is 11.3 Å². The van der Waals surface area contributed by atoms with Crippen molar-refractivity contribution in [1.29, 1.82) is 5.26 Å². The minimum Gasteiger partial charge on any atom is -0.355 e. The van der Waals surface area contributed by atoms with Gasteiger partial charge in [0.1, 0.15) is 11.1 Å². The van der Waals surface area contributed by atoms with Gasteiger partial charge in [0.2, 0.25) is 11.8 Å². The van der Waals surface area contributed by atoms with E-state index in [4.69, 9.17) is 5.26 Å². The molecule has 2 heterocycles. The van der Waals surface area contributed by atoms with Gasteiger partial charge in [-0.1, -0.05) is 0 Å². The van der Waals surface area contributed by atoms with E-state index in [9.17, 15) is 9.59 Å². The molecule has 0 aliphatic carbocycles. The SMILES string of the molecule is CCNC(=O)CN1CCN(CC(=O)Nc2sccc2C#N)CC1. The molecule has 1 aliphatic rings. The first-order chi connectivity index (χ1) is 11.1. The Labute approximate surface area is 139 Å². The van der Waals surface area contributed by atoms with Crippen LogP contribution >= 0.6 is 11.3 Å². The van der Waals surface area contributed by atoms with Gasteiger partial charge in [0.15, 0.2) is 0 Å². The topological polar surface area (TPSA) is 88.5 Å². The summed E-state index contributed by atoms with van der Waals surface area (Å²) in [6.45, 7) is 6.31. The molecule has 7 nitrogen and oxygen atoms in total. The quantitative estimate of drug-likeness (QED) is 0.781. The van der Waals surface area contributed by atoms with Crippen LogP contribution in [0.4, 0.5) is 5.00 Å². The molecule has 0 saturated carbocycles. The maximum atomic E-state index is 12.1. The van der Waals surface area contributed by atoms with Gasteiger partial charge in [-0.25, -0.2) is 0 Å². The highest BCUT2D eigenvalue weighted by Gasteiger charge is 2.20. The van der Waals surface area contributed by atoms with Crippen LogP contribution in [0, 0.1) is 11.3 Å². The Morgan fingerprint density at radius 3 is 2.39 bits per heavy atom. The average molecular weight is 335 g/mol. The number of carbonyl (C=O) groups is 2. The molecule has 1 aromatic heterocycles. The maximum Gasteiger partial charge on any atom is 0.239 e. The van der Waals surface area contributed by atoms with Gasteiger partial charge in [-0.2, -0.15) is 5.26 Å². The normalized spacial score (nSPS) is 15.8.